The number of benzene rings is 1. The second kappa shape index (κ2) is 14.0. The molecule has 1 aliphatic rings. The van der Waals surface area contributed by atoms with Gasteiger partial charge in [-0.25, -0.2) is 27.9 Å². The maximum absolute atomic E-state index is 13.5. The van der Waals surface area contributed by atoms with Gasteiger partial charge in [0.25, 0.3) is 0 Å². The second-order valence-corrected chi connectivity index (χ2v) is 8.35. The van der Waals surface area contributed by atoms with Crippen LogP contribution in [0.1, 0.15) is 27.2 Å². The average molecular weight is 534 g/mol. The summed E-state index contributed by atoms with van der Waals surface area (Å²) in [5.74, 6) is -0.236. The zero-order chi connectivity index (χ0) is 27.5. The number of rotatable bonds is 5. The molecule has 1 saturated heterocycles. The van der Waals surface area contributed by atoms with Crippen LogP contribution >= 0.6 is 0 Å². The van der Waals surface area contributed by atoms with Gasteiger partial charge in [-0.2, -0.15) is 5.10 Å². The average Bonchev–Trinajstić information content (AvgIpc) is 3.62. The van der Waals surface area contributed by atoms with Gasteiger partial charge in [0.15, 0.2) is 0 Å². The Kier molecular flexibility index (Phi) is 10.5. The zero-order valence-corrected chi connectivity index (χ0v) is 21.2. The van der Waals surface area contributed by atoms with Crippen molar-refractivity contribution in [3.05, 3.63) is 60.6 Å². The van der Waals surface area contributed by atoms with E-state index in [1.54, 1.807) is 42.0 Å². The van der Waals surface area contributed by atoms with Crippen LogP contribution in [0.2, 0.25) is 0 Å². The summed E-state index contributed by atoms with van der Waals surface area (Å²) < 4.78 is 49.7. The van der Waals surface area contributed by atoms with E-state index in [1.165, 1.54) is 12.1 Å². The quantitative estimate of drug-likeness (QED) is 0.329. The van der Waals surface area contributed by atoms with Crippen LogP contribution in [0, 0.1) is 11.6 Å². The molecule has 0 spiro atoms. The fourth-order valence-electron chi connectivity index (χ4n) is 3.22. The first-order valence-electron chi connectivity index (χ1n) is 12.0. The Morgan fingerprint density at radius 3 is 2.55 bits per heavy atom. The molecule has 5 rings (SSSR count). The van der Waals surface area contributed by atoms with Gasteiger partial charge in [-0.1, -0.05) is 0 Å². The number of nitrogens with zero attached hydrogens (tertiary/aromatic N) is 4. The standard InChI is InChI=1S/C15H10F2N6.C6H13NO2.C4H7FO/c16-10-5-9(6-11(17)7-10)12-8-14-18-3-4-23(14)15(20-12)21-13-1-2-19-22-13;1-4-9-6(8)7-5(2)3;5-4-1-2-6-3-4/h1-8H,(H2,19,20,21,22);5H,4H2,1-3H3,(H,7,8);4H,1-3H2. The summed E-state index contributed by atoms with van der Waals surface area (Å²) in [6.07, 6.45) is 4.53. The van der Waals surface area contributed by atoms with Crippen molar-refractivity contribution in [2.45, 2.75) is 39.4 Å². The Morgan fingerprint density at radius 1 is 1.24 bits per heavy atom. The van der Waals surface area contributed by atoms with Crippen molar-refractivity contribution >= 4 is 23.5 Å². The topological polar surface area (TPSA) is 118 Å². The number of anilines is 2. The number of hydrogen-bond donors (Lipinski definition) is 3. The van der Waals surface area contributed by atoms with E-state index in [2.05, 4.69) is 40.3 Å². The molecular weight excluding hydrogens is 503 g/mol. The van der Waals surface area contributed by atoms with Gasteiger partial charge < -0.3 is 20.1 Å². The number of imidazole rings is 1. The third-order valence-corrected chi connectivity index (χ3v) is 4.85. The molecular formula is C25H30F3N7O3. The summed E-state index contributed by atoms with van der Waals surface area (Å²) in [6.45, 7) is 6.91. The molecule has 0 saturated carbocycles. The number of amides is 1. The fraction of sp³-hybridized carbons (Fsp3) is 0.360. The molecule has 4 aromatic rings. The van der Waals surface area contributed by atoms with Crippen LogP contribution in [0.5, 0.6) is 0 Å². The molecule has 0 aliphatic carbocycles. The number of nitrogens with one attached hydrogen (secondary N) is 3. The molecule has 38 heavy (non-hydrogen) atoms. The van der Waals surface area contributed by atoms with E-state index in [1.807, 2.05) is 13.8 Å². The van der Waals surface area contributed by atoms with Gasteiger partial charge in [0, 0.05) is 55.2 Å². The molecule has 3 N–H and O–H groups in total. The van der Waals surface area contributed by atoms with Gasteiger partial charge in [-0.05, 0) is 32.9 Å². The van der Waals surface area contributed by atoms with Crippen LogP contribution in [-0.2, 0) is 9.47 Å². The molecule has 10 nitrogen and oxygen atoms in total. The Morgan fingerprint density at radius 2 is 2.00 bits per heavy atom. The summed E-state index contributed by atoms with van der Waals surface area (Å²) in [7, 11) is 0. The van der Waals surface area contributed by atoms with Crippen LogP contribution in [0.15, 0.2) is 48.9 Å². The lowest BCUT2D eigenvalue weighted by molar-refractivity contribution is 0.149. The maximum atomic E-state index is 13.5. The smallest absolute Gasteiger partial charge is 0.407 e. The molecule has 1 aromatic carbocycles. The lowest BCUT2D eigenvalue weighted by atomic mass is 10.1. The summed E-state index contributed by atoms with van der Waals surface area (Å²) in [6, 6.07) is 6.83. The Bertz CT molecular complexity index is 1270. The number of fused-ring (bicyclic) bond motifs is 1. The second-order valence-electron chi connectivity index (χ2n) is 8.35. The number of alkyl carbamates (subject to hydrolysis) is 1. The van der Waals surface area contributed by atoms with Crippen LogP contribution < -0.4 is 10.6 Å². The van der Waals surface area contributed by atoms with Gasteiger partial charge in [0.1, 0.15) is 29.3 Å². The number of hydrogen-bond acceptors (Lipinski definition) is 7. The molecule has 13 heteroatoms. The normalized spacial score (nSPS) is 14.3. The number of alkyl halides is 1. The number of H-pyrrole nitrogens is 1. The highest BCUT2D eigenvalue weighted by Gasteiger charge is 2.12. The van der Waals surface area contributed by atoms with Gasteiger partial charge in [-0.3, -0.25) is 9.50 Å². The van der Waals surface area contributed by atoms with Crippen LogP contribution in [0.3, 0.4) is 0 Å². The van der Waals surface area contributed by atoms with E-state index in [-0.39, 0.29) is 12.1 Å². The molecule has 0 bridgehead atoms. The Balaban J connectivity index is 0.000000220. The van der Waals surface area contributed by atoms with E-state index < -0.39 is 17.8 Å². The van der Waals surface area contributed by atoms with E-state index in [0.29, 0.717) is 54.9 Å². The minimum absolute atomic E-state index is 0.157. The number of halogens is 3. The summed E-state index contributed by atoms with van der Waals surface area (Å²) in [4.78, 5) is 19.2. The third-order valence-electron chi connectivity index (χ3n) is 4.85. The van der Waals surface area contributed by atoms with Crippen molar-refractivity contribution in [3.8, 4) is 11.3 Å². The van der Waals surface area contributed by atoms with Crippen molar-refractivity contribution < 1.29 is 27.4 Å². The molecule has 1 atom stereocenters. The zero-order valence-electron chi connectivity index (χ0n) is 21.2. The minimum Gasteiger partial charge on any atom is -0.450 e. The maximum Gasteiger partial charge on any atom is 0.407 e. The molecule has 3 aromatic heterocycles. The first kappa shape index (κ1) is 28.4. The number of carbonyl (C=O) groups excluding carboxylic acids is 1. The monoisotopic (exact) mass is 533 g/mol. The third kappa shape index (κ3) is 8.76. The van der Waals surface area contributed by atoms with Gasteiger partial charge in [0.05, 0.1) is 25.1 Å². The largest absolute Gasteiger partial charge is 0.450 e. The molecule has 4 heterocycles. The van der Waals surface area contributed by atoms with Crippen molar-refractivity contribution in [3.63, 3.8) is 0 Å². The first-order chi connectivity index (χ1) is 18.2. The van der Waals surface area contributed by atoms with Crippen LogP contribution in [-0.4, -0.2) is 62.7 Å². The molecule has 1 unspecified atom stereocenters. The van der Waals surface area contributed by atoms with Crippen molar-refractivity contribution in [2.75, 3.05) is 25.1 Å². The Hall–Kier alpha value is -4.13. The van der Waals surface area contributed by atoms with Gasteiger partial charge in [-0.15, -0.1) is 0 Å². The number of aromatic amines is 1. The number of carbonyl (C=O) groups is 1. The fourth-order valence-corrected chi connectivity index (χ4v) is 3.22. The van der Waals surface area contributed by atoms with Crippen molar-refractivity contribution in [2.24, 2.45) is 0 Å². The predicted molar refractivity (Wildman–Crippen MR) is 136 cm³/mol. The van der Waals surface area contributed by atoms with Crippen LogP contribution in [0.4, 0.5) is 29.7 Å². The summed E-state index contributed by atoms with van der Waals surface area (Å²) in [5, 5.41) is 12.3. The van der Waals surface area contributed by atoms with E-state index in [0.717, 1.165) is 6.07 Å². The van der Waals surface area contributed by atoms with Gasteiger partial charge >= 0.3 is 6.09 Å². The highest BCUT2D eigenvalue weighted by Crippen LogP contribution is 2.24. The Labute approximate surface area is 217 Å². The van der Waals surface area contributed by atoms with E-state index >= 15 is 0 Å². The highest BCUT2D eigenvalue weighted by atomic mass is 19.1. The molecule has 204 valence electrons. The summed E-state index contributed by atoms with van der Waals surface area (Å²) in [5.41, 5.74) is 1.34. The minimum atomic E-state index is -0.676. The number of ether oxygens (including phenoxy) is 2. The highest BCUT2D eigenvalue weighted by molar-refractivity contribution is 5.68. The number of aromatic nitrogens is 5. The SMILES string of the molecule is CCOC(=O)NC(C)C.FC1CCOC1.Fc1cc(F)cc(-c2cc3nccn3c(Nc3ccn[nH]3)n2)c1. The lowest BCUT2D eigenvalue weighted by Crippen LogP contribution is -2.30. The van der Waals surface area contributed by atoms with E-state index in [9.17, 15) is 18.0 Å². The molecule has 1 fully saturated rings. The molecule has 1 amide bonds. The molecule has 1 aliphatic heterocycles. The van der Waals surface area contributed by atoms with Crippen molar-refractivity contribution in [1.82, 2.24) is 29.9 Å². The van der Waals surface area contributed by atoms with E-state index in [4.69, 9.17) is 0 Å². The van der Waals surface area contributed by atoms with Gasteiger partial charge in [0.2, 0.25) is 5.95 Å². The summed E-state index contributed by atoms with van der Waals surface area (Å²) >= 11 is 0. The predicted octanol–water partition coefficient (Wildman–Crippen LogP) is 5.03. The molecule has 0 radical (unpaired) electrons. The van der Waals surface area contributed by atoms with Crippen LogP contribution in [0.25, 0.3) is 16.9 Å². The lowest BCUT2D eigenvalue weighted by Gasteiger charge is -2.09. The first-order valence-corrected chi connectivity index (χ1v) is 12.0. The van der Waals surface area contributed by atoms with Crippen molar-refractivity contribution in [1.29, 1.82) is 0 Å².